The van der Waals surface area contributed by atoms with Crippen LogP contribution in [0.2, 0.25) is 0 Å². The summed E-state index contributed by atoms with van der Waals surface area (Å²) in [6.45, 7) is 7.95. The first-order chi connectivity index (χ1) is 3.81. The van der Waals surface area contributed by atoms with Gasteiger partial charge in [0.2, 0.25) is 0 Å². The highest BCUT2D eigenvalue weighted by molar-refractivity contribution is 4.98. The molecule has 8 heavy (non-hydrogen) atoms. The van der Waals surface area contributed by atoms with E-state index in [9.17, 15) is 0 Å². The Morgan fingerprint density at radius 2 is 2.25 bits per heavy atom. The predicted molar refractivity (Wildman–Crippen MR) is 38.8 cm³/mol. The molecule has 0 aromatic carbocycles. The van der Waals surface area contributed by atoms with E-state index < -0.39 is 0 Å². The van der Waals surface area contributed by atoms with Crippen LogP contribution in [0.15, 0.2) is 24.8 Å². The second-order valence-electron chi connectivity index (χ2n) is 2.01. The van der Waals surface area contributed by atoms with Crippen LogP contribution in [0.1, 0.15) is 20.3 Å². The predicted octanol–water partition coefficient (Wildman–Crippen LogP) is 2.77. The van der Waals surface area contributed by atoms with Gasteiger partial charge in [-0.2, -0.15) is 0 Å². The van der Waals surface area contributed by atoms with E-state index in [1.54, 1.807) is 0 Å². The monoisotopic (exact) mass is 110 g/mol. The molecule has 0 rings (SSSR count). The first-order valence-corrected chi connectivity index (χ1v) is 3.10. The van der Waals surface area contributed by atoms with Crippen LogP contribution in [0.25, 0.3) is 0 Å². The van der Waals surface area contributed by atoms with E-state index in [-0.39, 0.29) is 0 Å². The third kappa shape index (κ3) is 3.66. The fourth-order valence-corrected chi connectivity index (χ4v) is 0.404. The third-order valence-electron chi connectivity index (χ3n) is 1.22. The van der Waals surface area contributed by atoms with Gasteiger partial charge in [0.25, 0.3) is 0 Å². The lowest BCUT2D eigenvalue weighted by atomic mass is 10.1. The Morgan fingerprint density at radius 1 is 1.62 bits per heavy atom. The normalized spacial score (nSPS) is 14.2. The minimum Gasteiger partial charge on any atom is -0.0991 e. The summed E-state index contributed by atoms with van der Waals surface area (Å²) in [4.78, 5) is 0. The summed E-state index contributed by atoms with van der Waals surface area (Å²) >= 11 is 0. The van der Waals surface area contributed by atoms with Crippen molar-refractivity contribution in [3.63, 3.8) is 0 Å². The van der Waals surface area contributed by atoms with Crippen LogP contribution in [0, 0.1) is 5.92 Å². The number of hydrogen-bond donors (Lipinski definition) is 0. The average Bonchev–Trinajstić information content (AvgIpc) is 1.83. The van der Waals surface area contributed by atoms with Gasteiger partial charge in [-0.05, 0) is 5.92 Å². The zero-order valence-corrected chi connectivity index (χ0v) is 5.72. The van der Waals surface area contributed by atoms with Crippen molar-refractivity contribution in [3.05, 3.63) is 24.8 Å². The van der Waals surface area contributed by atoms with Crippen molar-refractivity contribution in [1.29, 1.82) is 0 Å². The van der Waals surface area contributed by atoms with Crippen molar-refractivity contribution < 1.29 is 0 Å². The van der Waals surface area contributed by atoms with E-state index in [4.69, 9.17) is 0 Å². The Kier molecular flexibility index (Phi) is 4.33. The molecule has 0 bridgehead atoms. The van der Waals surface area contributed by atoms with Crippen LogP contribution < -0.4 is 0 Å². The molecule has 0 fully saturated rings. The van der Waals surface area contributed by atoms with Gasteiger partial charge in [-0.1, -0.05) is 45.1 Å². The molecule has 0 aliphatic heterocycles. The molecule has 0 nitrogen and oxygen atoms in total. The first kappa shape index (κ1) is 7.48. The minimum absolute atomic E-state index is 0.702. The van der Waals surface area contributed by atoms with Gasteiger partial charge in [-0.3, -0.25) is 0 Å². The maximum atomic E-state index is 3.58. The lowest BCUT2D eigenvalue weighted by molar-refractivity contribution is 0.698. The minimum atomic E-state index is 0.702. The maximum Gasteiger partial charge on any atom is -0.0261 e. The molecule has 0 heteroatoms. The summed E-state index contributed by atoms with van der Waals surface area (Å²) in [5.74, 6) is 0.702. The Morgan fingerprint density at radius 3 is 2.62 bits per heavy atom. The summed E-state index contributed by atoms with van der Waals surface area (Å²) in [6, 6.07) is 0. The fraction of sp³-hybridized carbons (Fsp3) is 0.500. The molecule has 0 aromatic heterocycles. The summed E-state index contributed by atoms with van der Waals surface area (Å²) < 4.78 is 0. The van der Waals surface area contributed by atoms with E-state index in [2.05, 4.69) is 26.5 Å². The van der Waals surface area contributed by atoms with Gasteiger partial charge in [-0.15, -0.1) is 0 Å². The van der Waals surface area contributed by atoms with Gasteiger partial charge in [-0.25, -0.2) is 0 Å². The number of hydrogen-bond acceptors (Lipinski definition) is 0. The molecule has 0 N–H and O–H groups in total. The lowest BCUT2D eigenvalue weighted by Gasteiger charge is -1.95. The van der Waals surface area contributed by atoms with Gasteiger partial charge in [0, 0.05) is 0 Å². The Labute approximate surface area is 51.9 Å². The van der Waals surface area contributed by atoms with E-state index >= 15 is 0 Å². The molecule has 1 atom stereocenters. The van der Waals surface area contributed by atoms with E-state index in [1.165, 1.54) is 6.42 Å². The highest BCUT2D eigenvalue weighted by Gasteiger charge is 1.86. The standard InChI is InChI=1S/C8H14/c1-4-6-7-8(3)5-2/h4,6-8H,1,5H2,2-3H3/b7-6-. The number of rotatable bonds is 3. The quantitative estimate of drug-likeness (QED) is 0.490. The smallest absolute Gasteiger partial charge is 0.0261 e. The SMILES string of the molecule is C=C/C=C\C(C)CC. The van der Waals surface area contributed by atoms with Crippen molar-refractivity contribution in [2.24, 2.45) is 5.92 Å². The fourth-order valence-electron chi connectivity index (χ4n) is 0.404. The van der Waals surface area contributed by atoms with Crippen molar-refractivity contribution in [2.45, 2.75) is 20.3 Å². The Bertz CT molecular complexity index is 80.0. The summed E-state index contributed by atoms with van der Waals surface area (Å²) in [6.07, 6.45) is 7.18. The van der Waals surface area contributed by atoms with E-state index in [0.717, 1.165) is 0 Å². The molecular formula is C8H14. The molecule has 0 aliphatic carbocycles. The summed E-state index contributed by atoms with van der Waals surface area (Å²) in [5, 5.41) is 0. The molecule has 0 spiro atoms. The Hall–Kier alpha value is -0.520. The molecule has 0 heterocycles. The highest BCUT2D eigenvalue weighted by Crippen LogP contribution is 2.00. The molecule has 0 aromatic rings. The lowest BCUT2D eigenvalue weighted by Crippen LogP contribution is -1.82. The van der Waals surface area contributed by atoms with Crippen molar-refractivity contribution in [2.75, 3.05) is 0 Å². The van der Waals surface area contributed by atoms with Gasteiger partial charge in [0.1, 0.15) is 0 Å². The number of allylic oxidation sites excluding steroid dienone is 3. The van der Waals surface area contributed by atoms with Crippen molar-refractivity contribution in [3.8, 4) is 0 Å². The largest absolute Gasteiger partial charge is 0.0991 e. The highest BCUT2D eigenvalue weighted by atomic mass is 13.9. The topological polar surface area (TPSA) is 0 Å². The zero-order chi connectivity index (χ0) is 6.41. The summed E-state index contributed by atoms with van der Waals surface area (Å²) in [7, 11) is 0. The zero-order valence-electron chi connectivity index (χ0n) is 5.72. The summed E-state index contributed by atoms with van der Waals surface area (Å²) in [5.41, 5.74) is 0. The second kappa shape index (κ2) is 4.63. The van der Waals surface area contributed by atoms with Crippen molar-refractivity contribution in [1.82, 2.24) is 0 Å². The maximum absolute atomic E-state index is 3.58. The van der Waals surface area contributed by atoms with Crippen LogP contribution in [0.4, 0.5) is 0 Å². The van der Waals surface area contributed by atoms with Gasteiger partial charge in [0.05, 0.1) is 0 Å². The van der Waals surface area contributed by atoms with Gasteiger partial charge in [0.15, 0.2) is 0 Å². The molecule has 46 valence electrons. The van der Waals surface area contributed by atoms with Crippen LogP contribution in [0.3, 0.4) is 0 Å². The molecule has 0 radical (unpaired) electrons. The van der Waals surface area contributed by atoms with Crippen LogP contribution >= 0.6 is 0 Å². The van der Waals surface area contributed by atoms with Crippen LogP contribution in [-0.2, 0) is 0 Å². The van der Waals surface area contributed by atoms with E-state index in [1.807, 2.05) is 12.2 Å². The van der Waals surface area contributed by atoms with Gasteiger partial charge >= 0.3 is 0 Å². The van der Waals surface area contributed by atoms with Crippen LogP contribution in [0.5, 0.6) is 0 Å². The average molecular weight is 110 g/mol. The molecule has 0 aliphatic rings. The third-order valence-corrected chi connectivity index (χ3v) is 1.22. The first-order valence-electron chi connectivity index (χ1n) is 3.10. The Balaban J connectivity index is 3.35. The molecule has 0 saturated carbocycles. The molecular weight excluding hydrogens is 96.1 g/mol. The molecule has 1 unspecified atom stereocenters. The molecule has 0 saturated heterocycles. The van der Waals surface area contributed by atoms with Crippen LogP contribution in [-0.4, -0.2) is 0 Å². The van der Waals surface area contributed by atoms with E-state index in [0.29, 0.717) is 5.92 Å². The molecule has 0 amide bonds. The van der Waals surface area contributed by atoms with Crippen molar-refractivity contribution >= 4 is 0 Å². The van der Waals surface area contributed by atoms with Gasteiger partial charge < -0.3 is 0 Å². The second-order valence-corrected chi connectivity index (χ2v) is 2.01.